The van der Waals surface area contributed by atoms with Gasteiger partial charge in [0.2, 0.25) is 5.82 Å². The van der Waals surface area contributed by atoms with Crippen LogP contribution in [0.1, 0.15) is 0 Å². The van der Waals surface area contributed by atoms with E-state index < -0.39 is 4.92 Å². The zero-order chi connectivity index (χ0) is 6.69. The van der Waals surface area contributed by atoms with Crippen molar-refractivity contribution < 1.29 is 4.92 Å². The number of hydrogen-bond donors (Lipinski definition) is 0. The third kappa shape index (κ3) is 1.45. The first kappa shape index (κ1) is 5.61. The van der Waals surface area contributed by atoms with Crippen molar-refractivity contribution in [1.29, 1.82) is 0 Å². The SMILES string of the molecule is O=[N+]([O-])C=C1N=CC=N1. The van der Waals surface area contributed by atoms with Gasteiger partial charge in [-0.05, 0) is 0 Å². The fourth-order valence-corrected chi connectivity index (χ4v) is 0.414. The highest BCUT2D eigenvalue weighted by molar-refractivity contribution is 6.18. The van der Waals surface area contributed by atoms with Gasteiger partial charge >= 0.3 is 0 Å². The summed E-state index contributed by atoms with van der Waals surface area (Å²) in [5, 5.41) is 9.74. The molecule has 46 valence electrons. The average molecular weight is 125 g/mol. The second kappa shape index (κ2) is 2.17. The molecule has 0 aromatic carbocycles. The van der Waals surface area contributed by atoms with Gasteiger partial charge in [0.1, 0.15) is 0 Å². The molecule has 1 heterocycles. The number of aliphatic imine (C=N–C) groups is 2. The second-order valence-corrected chi connectivity index (χ2v) is 1.33. The highest BCUT2D eigenvalue weighted by Gasteiger charge is 1.98. The van der Waals surface area contributed by atoms with Crippen LogP contribution in [0.15, 0.2) is 22.0 Å². The first-order valence-corrected chi connectivity index (χ1v) is 2.21. The standard InChI is InChI=1S/C4H3N3O2/c8-7(9)3-4-5-1-2-6-4/h1-3H. The monoisotopic (exact) mass is 125 g/mol. The van der Waals surface area contributed by atoms with Crippen LogP contribution in [0.25, 0.3) is 0 Å². The molecule has 0 fully saturated rings. The smallest absolute Gasteiger partial charge is 0.259 e. The molecule has 0 aromatic heterocycles. The molecule has 0 saturated carbocycles. The van der Waals surface area contributed by atoms with Gasteiger partial charge in [-0.15, -0.1) is 0 Å². The van der Waals surface area contributed by atoms with Crippen molar-refractivity contribution in [3.8, 4) is 0 Å². The molecule has 0 saturated heterocycles. The van der Waals surface area contributed by atoms with Gasteiger partial charge in [0.15, 0.2) is 0 Å². The van der Waals surface area contributed by atoms with Crippen molar-refractivity contribution in [3.63, 3.8) is 0 Å². The van der Waals surface area contributed by atoms with Gasteiger partial charge in [-0.2, -0.15) is 0 Å². The van der Waals surface area contributed by atoms with E-state index in [2.05, 4.69) is 9.98 Å². The van der Waals surface area contributed by atoms with Crippen LogP contribution in [0.3, 0.4) is 0 Å². The molecule has 9 heavy (non-hydrogen) atoms. The van der Waals surface area contributed by atoms with E-state index in [1.807, 2.05) is 0 Å². The van der Waals surface area contributed by atoms with Crippen LogP contribution >= 0.6 is 0 Å². The lowest BCUT2D eigenvalue weighted by Crippen LogP contribution is -1.84. The van der Waals surface area contributed by atoms with Crippen molar-refractivity contribution in [3.05, 3.63) is 22.1 Å². The molecule has 0 aliphatic carbocycles. The molecular weight excluding hydrogens is 122 g/mol. The molecule has 0 aromatic rings. The summed E-state index contributed by atoms with van der Waals surface area (Å²) >= 11 is 0. The van der Waals surface area contributed by atoms with E-state index in [1.165, 1.54) is 12.4 Å². The average Bonchev–Trinajstić information content (AvgIpc) is 2.15. The first-order valence-electron chi connectivity index (χ1n) is 2.21. The molecule has 0 unspecified atom stereocenters. The summed E-state index contributed by atoms with van der Waals surface area (Å²) in [6.07, 6.45) is 3.55. The summed E-state index contributed by atoms with van der Waals surface area (Å²) in [5.41, 5.74) is 0. The maximum atomic E-state index is 9.74. The topological polar surface area (TPSA) is 67.9 Å². The van der Waals surface area contributed by atoms with E-state index in [0.29, 0.717) is 0 Å². The predicted molar refractivity (Wildman–Crippen MR) is 32.1 cm³/mol. The fraction of sp³-hybridized carbons (Fsp3) is 0. The van der Waals surface area contributed by atoms with Gasteiger partial charge in [-0.3, -0.25) is 10.1 Å². The van der Waals surface area contributed by atoms with Crippen molar-refractivity contribution in [2.45, 2.75) is 0 Å². The second-order valence-electron chi connectivity index (χ2n) is 1.33. The lowest BCUT2D eigenvalue weighted by molar-refractivity contribution is -0.403. The van der Waals surface area contributed by atoms with Crippen LogP contribution in [0.2, 0.25) is 0 Å². The van der Waals surface area contributed by atoms with Crippen LogP contribution in [0.5, 0.6) is 0 Å². The minimum atomic E-state index is -0.588. The van der Waals surface area contributed by atoms with Crippen molar-refractivity contribution in [1.82, 2.24) is 0 Å². The summed E-state index contributed by atoms with van der Waals surface area (Å²) < 4.78 is 0. The summed E-state index contributed by atoms with van der Waals surface area (Å²) in [5.74, 6) is 0.139. The molecule has 5 nitrogen and oxygen atoms in total. The largest absolute Gasteiger partial charge is 0.278 e. The molecule has 5 heteroatoms. The Hall–Kier alpha value is -1.52. The van der Waals surface area contributed by atoms with Gasteiger partial charge in [-0.1, -0.05) is 0 Å². The van der Waals surface area contributed by atoms with Crippen molar-refractivity contribution in [2.75, 3.05) is 0 Å². The normalized spacial score (nSPS) is 14.4. The Morgan fingerprint density at radius 3 is 2.56 bits per heavy atom. The highest BCUT2D eigenvalue weighted by Crippen LogP contribution is 1.99. The quantitative estimate of drug-likeness (QED) is 0.371. The molecule has 0 atom stereocenters. The molecule has 0 bridgehead atoms. The van der Waals surface area contributed by atoms with E-state index in [9.17, 15) is 10.1 Å². The maximum absolute atomic E-state index is 9.74. The maximum Gasteiger partial charge on any atom is 0.278 e. The number of rotatable bonds is 1. The zero-order valence-electron chi connectivity index (χ0n) is 4.39. The Kier molecular flexibility index (Phi) is 1.35. The summed E-state index contributed by atoms with van der Waals surface area (Å²) in [6.45, 7) is 0. The lowest BCUT2D eigenvalue weighted by Gasteiger charge is -1.78. The van der Waals surface area contributed by atoms with Crippen LogP contribution in [0.4, 0.5) is 0 Å². The van der Waals surface area contributed by atoms with E-state index >= 15 is 0 Å². The van der Waals surface area contributed by atoms with Gasteiger partial charge in [-0.25, -0.2) is 9.98 Å². The lowest BCUT2D eigenvalue weighted by atomic mass is 10.8. The minimum absolute atomic E-state index is 0.139. The first-order chi connectivity index (χ1) is 4.29. The van der Waals surface area contributed by atoms with E-state index in [-0.39, 0.29) is 5.82 Å². The van der Waals surface area contributed by atoms with Gasteiger partial charge < -0.3 is 0 Å². The zero-order valence-corrected chi connectivity index (χ0v) is 4.39. The Balaban J connectivity index is 2.73. The highest BCUT2D eigenvalue weighted by atomic mass is 16.6. The Labute approximate surface area is 50.6 Å². The molecule has 0 N–H and O–H groups in total. The Bertz CT molecular complexity index is 202. The van der Waals surface area contributed by atoms with Crippen LogP contribution in [-0.4, -0.2) is 17.4 Å². The van der Waals surface area contributed by atoms with Gasteiger partial charge in [0, 0.05) is 12.4 Å². The Morgan fingerprint density at radius 2 is 2.11 bits per heavy atom. The van der Waals surface area contributed by atoms with Crippen LogP contribution in [0, 0.1) is 10.1 Å². The number of hydrogen-bond acceptors (Lipinski definition) is 4. The number of nitro groups is 1. The molecule has 1 aliphatic rings. The molecular formula is C4H3N3O2. The molecule has 0 amide bonds. The van der Waals surface area contributed by atoms with Crippen LogP contribution in [-0.2, 0) is 0 Å². The van der Waals surface area contributed by atoms with E-state index in [1.54, 1.807) is 0 Å². The molecule has 0 spiro atoms. The molecule has 1 aliphatic heterocycles. The van der Waals surface area contributed by atoms with Crippen molar-refractivity contribution >= 4 is 12.4 Å². The fourth-order valence-electron chi connectivity index (χ4n) is 0.414. The predicted octanol–water partition coefficient (Wildman–Crippen LogP) is 0.217. The summed E-state index contributed by atoms with van der Waals surface area (Å²) in [7, 11) is 0. The van der Waals surface area contributed by atoms with E-state index in [4.69, 9.17) is 0 Å². The van der Waals surface area contributed by atoms with E-state index in [0.717, 1.165) is 6.20 Å². The van der Waals surface area contributed by atoms with Crippen molar-refractivity contribution in [2.24, 2.45) is 9.98 Å². The number of nitrogens with zero attached hydrogens (tertiary/aromatic N) is 3. The summed E-state index contributed by atoms with van der Waals surface area (Å²) in [6, 6.07) is 0. The minimum Gasteiger partial charge on any atom is -0.259 e. The Morgan fingerprint density at radius 1 is 1.56 bits per heavy atom. The van der Waals surface area contributed by atoms with Gasteiger partial charge in [0.05, 0.1) is 4.92 Å². The van der Waals surface area contributed by atoms with Crippen LogP contribution < -0.4 is 0 Å². The molecule has 0 radical (unpaired) electrons. The van der Waals surface area contributed by atoms with Gasteiger partial charge in [0.25, 0.3) is 6.20 Å². The summed E-state index contributed by atoms with van der Waals surface area (Å²) in [4.78, 5) is 16.2. The molecule has 1 rings (SSSR count). The third-order valence-corrected chi connectivity index (χ3v) is 0.701. The third-order valence-electron chi connectivity index (χ3n) is 0.701.